The van der Waals surface area contributed by atoms with Crippen molar-refractivity contribution in [2.75, 3.05) is 4.90 Å². The predicted octanol–water partition coefficient (Wildman–Crippen LogP) is 15.5. The molecule has 0 spiro atoms. The molecule has 3 aliphatic rings. The van der Waals surface area contributed by atoms with Crippen LogP contribution in [0, 0.1) is 5.92 Å². The molecule has 3 atom stereocenters. The van der Waals surface area contributed by atoms with Crippen molar-refractivity contribution in [2.24, 2.45) is 5.92 Å². The quantitative estimate of drug-likeness (QED) is 0.148. The highest BCUT2D eigenvalue weighted by Crippen LogP contribution is 2.68. The van der Waals surface area contributed by atoms with Crippen LogP contribution in [0.4, 0.5) is 17.1 Å². The van der Waals surface area contributed by atoms with E-state index in [0.29, 0.717) is 0 Å². The highest BCUT2D eigenvalue weighted by molar-refractivity contribution is 5.91. The van der Waals surface area contributed by atoms with Crippen LogP contribution >= 0.6 is 0 Å². The Bertz CT molecular complexity index is 3170. The second-order valence-corrected chi connectivity index (χ2v) is 17.1. The summed E-state index contributed by atoms with van der Waals surface area (Å²) < 4.78 is 0. The van der Waals surface area contributed by atoms with Gasteiger partial charge in [0.05, 0.1) is 16.5 Å². The molecule has 298 valence electrons. The van der Waals surface area contributed by atoms with Crippen LogP contribution in [0.15, 0.2) is 255 Å². The molecule has 9 aromatic rings. The summed E-state index contributed by atoms with van der Waals surface area (Å²) in [5, 5.41) is 0. The molecule has 1 heteroatoms. The third-order valence-corrected chi connectivity index (χ3v) is 14.1. The number of fused-ring (bicyclic) bond motifs is 5. The van der Waals surface area contributed by atoms with E-state index < -0.39 is 5.41 Å². The number of anilines is 3. The molecule has 3 unspecified atom stereocenters. The van der Waals surface area contributed by atoms with Gasteiger partial charge in [-0.1, -0.05) is 224 Å². The van der Waals surface area contributed by atoms with Gasteiger partial charge in [0, 0.05) is 17.3 Å². The molecule has 0 aromatic heterocycles. The number of nitrogens with zero attached hydrogens (tertiary/aromatic N) is 1. The largest absolute Gasteiger partial charge is 0.310 e. The number of para-hydroxylation sites is 2. The van der Waals surface area contributed by atoms with Gasteiger partial charge in [-0.2, -0.15) is 0 Å². The zero-order valence-electron chi connectivity index (χ0n) is 35.0. The smallest absolute Gasteiger partial charge is 0.0728 e. The molecule has 0 amide bonds. The highest BCUT2D eigenvalue weighted by atomic mass is 15.1. The van der Waals surface area contributed by atoms with Gasteiger partial charge in [0.15, 0.2) is 0 Å². The Hall–Kier alpha value is -7.74. The summed E-state index contributed by atoms with van der Waals surface area (Å²) in [6, 6.07) is 88.0. The van der Waals surface area contributed by atoms with Gasteiger partial charge in [-0.3, -0.25) is 0 Å². The molecule has 0 bridgehead atoms. The lowest BCUT2D eigenvalue weighted by Crippen LogP contribution is -2.46. The molecule has 0 aliphatic heterocycles. The molecule has 0 N–H and O–H groups in total. The summed E-state index contributed by atoms with van der Waals surface area (Å²) in [6.45, 7) is 0. The third-order valence-electron chi connectivity index (χ3n) is 14.1. The summed E-state index contributed by atoms with van der Waals surface area (Å²) in [4.78, 5) is 2.47. The molecule has 0 saturated carbocycles. The number of hydrogen-bond acceptors (Lipinski definition) is 1. The van der Waals surface area contributed by atoms with Crippen LogP contribution in [0.3, 0.4) is 0 Å². The average Bonchev–Trinajstić information content (AvgIpc) is 3.68. The van der Waals surface area contributed by atoms with Crippen LogP contribution in [0.1, 0.15) is 50.9 Å². The van der Waals surface area contributed by atoms with E-state index in [0.717, 1.165) is 23.5 Å². The van der Waals surface area contributed by atoms with Crippen LogP contribution in [0.5, 0.6) is 0 Å². The summed E-state index contributed by atoms with van der Waals surface area (Å²) in [5.74, 6) is 0.264. The van der Waals surface area contributed by atoms with Crippen LogP contribution in [-0.4, -0.2) is 0 Å². The average molecular weight is 804 g/mol. The number of hydrogen-bond donors (Lipinski definition) is 0. The lowest BCUT2D eigenvalue weighted by Gasteiger charge is -2.51. The van der Waals surface area contributed by atoms with Crippen molar-refractivity contribution in [3.63, 3.8) is 0 Å². The van der Waals surface area contributed by atoms with E-state index in [1.54, 1.807) is 0 Å². The van der Waals surface area contributed by atoms with Gasteiger partial charge in [-0.25, -0.2) is 0 Å². The van der Waals surface area contributed by atoms with Crippen molar-refractivity contribution in [2.45, 2.75) is 17.3 Å². The fraction of sp³-hybridized carbons (Fsp3) is 0.0645. The van der Waals surface area contributed by atoms with E-state index in [1.807, 2.05) is 0 Å². The molecule has 0 fully saturated rings. The molecule has 12 rings (SSSR count). The summed E-state index contributed by atoms with van der Waals surface area (Å²) in [6.07, 6.45) is 8.03. The minimum absolute atomic E-state index is 0.264. The van der Waals surface area contributed by atoms with Crippen molar-refractivity contribution in [3.05, 3.63) is 299 Å². The Balaban J connectivity index is 1.11. The van der Waals surface area contributed by atoms with Crippen molar-refractivity contribution in [1.29, 1.82) is 0 Å². The van der Waals surface area contributed by atoms with Gasteiger partial charge in [0.1, 0.15) is 0 Å². The minimum atomic E-state index is -0.674. The second-order valence-electron chi connectivity index (χ2n) is 17.1. The Morgan fingerprint density at radius 2 is 0.873 bits per heavy atom. The molecule has 0 radical (unpaired) electrons. The molecular weight excluding hydrogens is 759 g/mol. The highest BCUT2D eigenvalue weighted by Gasteiger charge is 2.60. The van der Waals surface area contributed by atoms with E-state index >= 15 is 0 Å². The predicted molar refractivity (Wildman–Crippen MR) is 262 cm³/mol. The van der Waals surface area contributed by atoms with Gasteiger partial charge in [-0.15, -0.1) is 0 Å². The van der Waals surface area contributed by atoms with Crippen LogP contribution in [-0.2, 0) is 10.8 Å². The molecule has 3 aliphatic carbocycles. The van der Waals surface area contributed by atoms with E-state index in [-0.39, 0.29) is 11.3 Å². The number of benzene rings is 9. The first-order chi connectivity index (χ1) is 31.3. The van der Waals surface area contributed by atoms with E-state index in [4.69, 9.17) is 0 Å². The SMILES string of the molecule is C1=CCC2C(=C1)c1cccc3c1C2(c1ccccc1)c1ccccc1C3(c1ccccc1)c1ccccc1N(c1ccccc1)c1ccc(-c2ccc(-c3ccccc3)cc2)cc1. The summed E-state index contributed by atoms with van der Waals surface area (Å²) in [7, 11) is 0. The van der Waals surface area contributed by atoms with Gasteiger partial charge < -0.3 is 4.90 Å². The van der Waals surface area contributed by atoms with E-state index in [1.165, 1.54) is 72.3 Å². The Morgan fingerprint density at radius 3 is 1.54 bits per heavy atom. The molecule has 0 saturated heterocycles. The first-order valence-corrected chi connectivity index (χ1v) is 22.2. The molecule has 63 heavy (non-hydrogen) atoms. The first-order valence-electron chi connectivity index (χ1n) is 22.2. The van der Waals surface area contributed by atoms with Crippen LogP contribution in [0.2, 0.25) is 0 Å². The monoisotopic (exact) mass is 803 g/mol. The van der Waals surface area contributed by atoms with E-state index in [9.17, 15) is 0 Å². The molecule has 0 heterocycles. The number of rotatable bonds is 8. The molecular formula is C62H45N. The van der Waals surface area contributed by atoms with Crippen molar-refractivity contribution < 1.29 is 0 Å². The normalized spacial score (nSPS) is 19.0. The molecule has 9 aromatic carbocycles. The van der Waals surface area contributed by atoms with Crippen molar-refractivity contribution >= 4 is 22.6 Å². The second kappa shape index (κ2) is 15.0. The maximum absolute atomic E-state index is 2.47. The summed E-state index contributed by atoms with van der Waals surface area (Å²) in [5.41, 5.74) is 19.3. The van der Waals surface area contributed by atoms with Gasteiger partial charge >= 0.3 is 0 Å². The Labute approximate surface area is 370 Å². The zero-order chi connectivity index (χ0) is 41.8. The zero-order valence-corrected chi connectivity index (χ0v) is 35.0. The van der Waals surface area contributed by atoms with Crippen LogP contribution < -0.4 is 4.90 Å². The van der Waals surface area contributed by atoms with Gasteiger partial charge in [0.25, 0.3) is 0 Å². The third kappa shape index (κ3) is 5.56. The lowest BCUT2D eigenvalue weighted by atomic mass is 9.50. The van der Waals surface area contributed by atoms with Crippen LogP contribution in [0.25, 0.3) is 27.8 Å². The Morgan fingerprint density at radius 1 is 0.381 bits per heavy atom. The van der Waals surface area contributed by atoms with E-state index in [2.05, 4.69) is 260 Å². The minimum Gasteiger partial charge on any atom is -0.310 e. The number of allylic oxidation sites excluding steroid dienone is 4. The Kier molecular flexibility index (Phi) is 8.83. The summed E-state index contributed by atoms with van der Waals surface area (Å²) >= 11 is 0. The van der Waals surface area contributed by atoms with Crippen molar-refractivity contribution in [1.82, 2.24) is 0 Å². The first kappa shape index (κ1) is 37.1. The topological polar surface area (TPSA) is 3.24 Å². The van der Waals surface area contributed by atoms with Crippen molar-refractivity contribution in [3.8, 4) is 22.3 Å². The van der Waals surface area contributed by atoms with Gasteiger partial charge in [-0.05, 0) is 109 Å². The lowest BCUT2D eigenvalue weighted by molar-refractivity contribution is 0.454. The fourth-order valence-corrected chi connectivity index (χ4v) is 11.6. The maximum atomic E-state index is 2.47. The maximum Gasteiger partial charge on any atom is 0.0728 e. The fourth-order valence-electron chi connectivity index (χ4n) is 11.6. The standard InChI is InChI=1S/C62H45N/c1-5-20-44(21-6-1)45-36-38-46(39-37-45)47-40-42-51(43-41-47)63(50-26-11-4-12-27-50)59-35-18-17-33-57(59)61(48-22-7-2-8-23-48)55-31-15-16-32-56(55)62(49-24-9-3-10-25-49)54-30-14-13-28-52(54)53-29-19-34-58(61)60(53)62/h1-29,31-43,54H,30H2. The molecule has 1 nitrogen and oxygen atoms in total. The van der Waals surface area contributed by atoms with Gasteiger partial charge in [0.2, 0.25) is 0 Å².